The second-order valence-electron chi connectivity index (χ2n) is 3.89. The molecule has 0 saturated heterocycles. The first-order valence-corrected chi connectivity index (χ1v) is 5.68. The Bertz CT molecular complexity index is 530. The number of nitrogens with one attached hydrogen (secondary N) is 1. The molecule has 0 fully saturated rings. The largest absolute Gasteiger partial charge is 0.475 e. The summed E-state index contributed by atoms with van der Waals surface area (Å²) in [6.45, 7) is 3.45. The molecule has 4 heteroatoms. The number of carboxylic acid groups (broad SMARTS) is 1. The number of fused-ring (bicyclic) bond motifs is 1. The maximum atomic E-state index is 11.1. The van der Waals surface area contributed by atoms with Gasteiger partial charge in [-0.1, -0.05) is 25.1 Å². The maximum Gasteiger partial charge on any atom is 0.372 e. The van der Waals surface area contributed by atoms with E-state index in [4.69, 9.17) is 9.52 Å². The number of para-hydroxylation sites is 1. The van der Waals surface area contributed by atoms with Crippen LogP contribution in [0.2, 0.25) is 0 Å². The summed E-state index contributed by atoms with van der Waals surface area (Å²) < 4.78 is 5.35. The summed E-state index contributed by atoms with van der Waals surface area (Å²) in [5, 5.41) is 13.2. The van der Waals surface area contributed by atoms with E-state index in [9.17, 15) is 4.79 Å². The molecule has 0 aliphatic heterocycles. The Morgan fingerprint density at radius 3 is 2.88 bits per heavy atom. The molecule has 0 amide bonds. The van der Waals surface area contributed by atoms with Gasteiger partial charge in [0.05, 0.1) is 0 Å². The summed E-state index contributed by atoms with van der Waals surface area (Å²) >= 11 is 0. The number of hydrogen-bond donors (Lipinski definition) is 2. The summed E-state index contributed by atoms with van der Waals surface area (Å²) in [4.78, 5) is 11.1. The Labute approximate surface area is 99.2 Å². The van der Waals surface area contributed by atoms with Crippen molar-refractivity contribution in [2.24, 2.45) is 0 Å². The standard InChI is InChI=1S/C13H15NO3/c1-2-7-14-8-10-9-5-3-4-6-11(9)17-12(10)13(15)16/h3-6,14H,2,7-8H2,1H3,(H,15,16). The van der Waals surface area contributed by atoms with E-state index in [2.05, 4.69) is 12.2 Å². The molecule has 4 nitrogen and oxygen atoms in total. The van der Waals surface area contributed by atoms with Crippen LogP contribution in [0.1, 0.15) is 29.5 Å². The second kappa shape index (κ2) is 5.01. The minimum absolute atomic E-state index is 0.0369. The van der Waals surface area contributed by atoms with Crippen LogP contribution in [0, 0.1) is 0 Å². The summed E-state index contributed by atoms with van der Waals surface area (Å²) in [7, 11) is 0. The molecule has 0 bridgehead atoms. The van der Waals surface area contributed by atoms with E-state index >= 15 is 0 Å². The summed E-state index contributed by atoms with van der Waals surface area (Å²) in [6.07, 6.45) is 1.01. The molecule has 1 heterocycles. The van der Waals surface area contributed by atoms with Crippen LogP contribution in [0.4, 0.5) is 0 Å². The maximum absolute atomic E-state index is 11.1. The van der Waals surface area contributed by atoms with E-state index in [0.29, 0.717) is 12.1 Å². The van der Waals surface area contributed by atoms with Crippen molar-refractivity contribution in [3.05, 3.63) is 35.6 Å². The number of hydrogen-bond acceptors (Lipinski definition) is 3. The van der Waals surface area contributed by atoms with Crippen LogP contribution < -0.4 is 5.32 Å². The molecule has 2 rings (SSSR count). The van der Waals surface area contributed by atoms with Gasteiger partial charge in [0.2, 0.25) is 5.76 Å². The highest BCUT2D eigenvalue weighted by Crippen LogP contribution is 2.25. The predicted octanol–water partition coefficient (Wildman–Crippen LogP) is 2.63. The highest BCUT2D eigenvalue weighted by molar-refractivity contribution is 5.95. The number of furan rings is 1. The highest BCUT2D eigenvalue weighted by atomic mass is 16.4. The fourth-order valence-corrected chi connectivity index (χ4v) is 1.84. The van der Waals surface area contributed by atoms with Crippen molar-refractivity contribution < 1.29 is 14.3 Å². The Kier molecular flexibility index (Phi) is 3.44. The molecule has 1 aromatic heterocycles. The van der Waals surface area contributed by atoms with Gasteiger partial charge in [-0.15, -0.1) is 0 Å². The Morgan fingerprint density at radius 2 is 2.18 bits per heavy atom. The molecular formula is C13H15NO3. The lowest BCUT2D eigenvalue weighted by Crippen LogP contribution is -2.15. The third kappa shape index (κ3) is 2.31. The number of carbonyl (C=O) groups is 1. The molecule has 0 aliphatic carbocycles. The lowest BCUT2D eigenvalue weighted by atomic mass is 10.1. The van der Waals surface area contributed by atoms with Crippen molar-refractivity contribution in [1.29, 1.82) is 0 Å². The third-order valence-electron chi connectivity index (χ3n) is 2.62. The molecule has 17 heavy (non-hydrogen) atoms. The normalized spacial score (nSPS) is 10.9. The Hall–Kier alpha value is -1.81. The van der Waals surface area contributed by atoms with Gasteiger partial charge in [-0.2, -0.15) is 0 Å². The molecule has 0 atom stereocenters. The first-order valence-electron chi connectivity index (χ1n) is 5.68. The van der Waals surface area contributed by atoms with Gasteiger partial charge < -0.3 is 14.8 Å². The molecule has 0 saturated carbocycles. The lowest BCUT2D eigenvalue weighted by Gasteiger charge is -2.02. The third-order valence-corrected chi connectivity index (χ3v) is 2.62. The van der Waals surface area contributed by atoms with Gasteiger partial charge in [0, 0.05) is 17.5 Å². The van der Waals surface area contributed by atoms with E-state index < -0.39 is 5.97 Å². The van der Waals surface area contributed by atoms with Crippen molar-refractivity contribution >= 4 is 16.9 Å². The van der Waals surface area contributed by atoms with E-state index in [1.54, 1.807) is 6.07 Å². The second-order valence-corrected chi connectivity index (χ2v) is 3.89. The minimum atomic E-state index is -1.02. The highest BCUT2D eigenvalue weighted by Gasteiger charge is 2.18. The topological polar surface area (TPSA) is 62.5 Å². The van der Waals surface area contributed by atoms with Crippen LogP contribution in [0.25, 0.3) is 11.0 Å². The van der Waals surface area contributed by atoms with Crippen molar-refractivity contribution in [1.82, 2.24) is 5.32 Å². The monoisotopic (exact) mass is 233 g/mol. The average Bonchev–Trinajstić information content (AvgIpc) is 2.69. The van der Waals surface area contributed by atoms with E-state index in [1.807, 2.05) is 18.2 Å². The van der Waals surface area contributed by atoms with Crippen molar-refractivity contribution in [2.75, 3.05) is 6.54 Å². The van der Waals surface area contributed by atoms with Gasteiger partial charge in [0.15, 0.2) is 0 Å². The van der Waals surface area contributed by atoms with Gasteiger partial charge >= 0.3 is 5.97 Å². The van der Waals surface area contributed by atoms with Crippen molar-refractivity contribution in [3.63, 3.8) is 0 Å². The molecule has 0 radical (unpaired) electrons. The predicted molar refractivity (Wildman–Crippen MR) is 65.2 cm³/mol. The average molecular weight is 233 g/mol. The summed E-state index contributed by atoms with van der Waals surface area (Å²) in [6, 6.07) is 7.38. The van der Waals surface area contributed by atoms with Crippen LogP contribution >= 0.6 is 0 Å². The van der Waals surface area contributed by atoms with E-state index in [-0.39, 0.29) is 5.76 Å². The minimum Gasteiger partial charge on any atom is -0.475 e. The van der Waals surface area contributed by atoms with Gasteiger partial charge in [-0.3, -0.25) is 0 Å². The number of carboxylic acids is 1. The molecule has 2 aromatic rings. The van der Waals surface area contributed by atoms with Crippen LogP contribution in [0.3, 0.4) is 0 Å². The Balaban J connectivity index is 2.41. The fraction of sp³-hybridized carbons (Fsp3) is 0.308. The molecular weight excluding hydrogens is 218 g/mol. The zero-order valence-corrected chi connectivity index (χ0v) is 9.69. The van der Waals surface area contributed by atoms with Crippen molar-refractivity contribution in [2.45, 2.75) is 19.9 Å². The van der Waals surface area contributed by atoms with Crippen molar-refractivity contribution in [3.8, 4) is 0 Å². The Morgan fingerprint density at radius 1 is 1.41 bits per heavy atom. The van der Waals surface area contributed by atoms with Crippen LogP contribution in [-0.4, -0.2) is 17.6 Å². The van der Waals surface area contributed by atoms with Crippen LogP contribution in [-0.2, 0) is 6.54 Å². The molecule has 2 N–H and O–H groups in total. The quantitative estimate of drug-likeness (QED) is 0.779. The van der Waals surface area contributed by atoms with Crippen LogP contribution in [0.15, 0.2) is 28.7 Å². The molecule has 1 aromatic carbocycles. The van der Waals surface area contributed by atoms with Crippen LogP contribution in [0.5, 0.6) is 0 Å². The van der Waals surface area contributed by atoms with Gasteiger partial charge in [0.1, 0.15) is 5.58 Å². The van der Waals surface area contributed by atoms with Gasteiger partial charge in [0.25, 0.3) is 0 Å². The van der Waals surface area contributed by atoms with E-state index in [1.165, 1.54) is 0 Å². The fourth-order valence-electron chi connectivity index (χ4n) is 1.84. The molecule has 0 unspecified atom stereocenters. The number of aromatic carboxylic acids is 1. The lowest BCUT2D eigenvalue weighted by molar-refractivity contribution is 0.0663. The smallest absolute Gasteiger partial charge is 0.372 e. The zero-order chi connectivity index (χ0) is 12.3. The summed E-state index contributed by atoms with van der Waals surface area (Å²) in [5.41, 5.74) is 1.35. The first-order chi connectivity index (χ1) is 8.24. The van der Waals surface area contributed by atoms with E-state index in [0.717, 1.165) is 23.9 Å². The number of rotatable bonds is 5. The molecule has 90 valence electrons. The first kappa shape index (κ1) is 11.7. The molecule has 0 aliphatic rings. The number of benzene rings is 1. The zero-order valence-electron chi connectivity index (χ0n) is 9.69. The molecule has 0 spiro atoms. The van der Waals surface area contributed by atoms with Gasteiger partial charge in [-0.25, -0.2) is 4.79 Å². The van der Waals surface area contributed by atoms with Gasteiger partial charge in [-0.05, 0) is 19.0 Å². The SMILES string of the molecule is CCCNCc1c(C(=O)O)oc2ccccc12. The summed E-state index contributed by atoms with van der Waals surface area (Å²) in [5.74, 6) is -0.982.